The summed E-state index contributed by atoms with van der Waals surface area (Å²) in [5.74, 6) is -2.02. The number of carbonyl (C=O) groups excluding carboxylic acids is 2. The SMILES string of the molecule is C[C@@H](CCCCN(CC(=O)OC(C)(C)C)CC(=O)OC(C)(C)C)C(=O)O. The molecule has 0 aliphatic carbocycles. The molecule has 0 amide bonds. The van der Waals surface area contributed by atoms with Gasteiger partial charge in [-0.05, 0) is 60.9 Å². The fourth-order valence-corrected chi connectivity index (χ4v) is 2.24. The lowest BCUT2D eigenvalue weighted by Crippen LogP contribution is -2.40. The third-order valence-electron chi connectivity index (χ3n) is 3.33. The lowest BCUT2D eigenvalue weighted by Gasteiger charge is -2.26. The lowest BCUT2D eigenvalue weighted by molar-refractivity contribution is -0.159. The monoisotopic (exact) mass is 373 g/mol. The van der Waals surface area contributed by atoms with Crippen molar-refractivity contribution in [2.45, 2.75) is 78.9 Å². The van der Waals surface area contributed by atoms with E-state index in [-0.39, 0.29) is 13.1 Å². The van der Waals surface area contributed by atoms with Crippen LogP contribution in [0.15, 0.2) is 0 Å². The molecule has 26 heavy (non-hydrogen) atoms. The smallest absolute Gasteiger partial charge is 0.320 e. The standard InChI is InChI=1S/C19H35NO6/c1-14(17(23)24)10-8-9-11-20(12-15(21)25-18(2,3)4)13-16(22)26-19(5,6)7/h14H,8-13H2,1-7H3,(H,23,24)/t14-/m0/s1. The van der Waals surface area contributed by atoms with E-state index >= 15 is 0 Å². The summed E-state index contributed by atoms with van der Waals surface area (Å²) in [5.41, 5.74) is -1.18. The number of rotatable bonds is 10. The van der Waals surface area contributed by atoms with E-state index < -0.39 is 35.0 Å². The van der Waals surface area contributed by atoms with Crippen molar-refractivity contribution in [2.24, 2.45) is 5.92 Å². The number of hydrogen-bond acceptors (Lipinski definition) is 6. The summed E-state index contributed by atoms with van der Waals surface area (Å²) in [7, 11) is 0. The fraction of sp³-hybridized carbons (Fsp3) is 0.842. The first-order chi connectivity index (χ1) is 11.7. The summed E-state index contributed by atoms with van der Waals surface area (Å²) in [6, 6.07) is 0. The average Bonchev–Trinajstić information content (AvgIpc) is 2.38. The van der Waals surface area contributed by atoms with Gasteiger partial charge in [0.2, 0.25) is 0 Å². The molecule has 7 heteroatoms. The maximum absolute atomic E-state index is 12.1. The highest BCUT2D eigenvalue weighted by Gasteiger charge is 2.23. The van der Waals surface area contributed by atoms with Gasteiger partial charge in [0.1, 0.15) is 11.2 Å². The zero-order chi connectivity index (χ0) is 20.5. The number of ether oxygens (including phenoxy) is 2. The van der Waals surface area contributed by atoms with Crippen LogP contribution in [-0.2, 0) is 23.9 Å². The Morgan fingerprint density at radius 1 is 0.885 bits per heavy atom. The predicted molar refractivity (Wildman–Crippen MR) is 98.8 cm³/mol. The molecule has 0 aliphatic rings. The van der Waals surface area contributed by atoms with E-state index in [0.717, 1.165) is 0 Å². The molecular weight excluding hydrogens is 338 g/mol. The highest BCUT2D eigenvalue weighted by atomic mass is 16.6. The lowest BCUT2D eigenvalue weighted by atomic mass is 10.0. The Labute approximate surface area is 157 Å². The van der Waals surface area contributed by atoms with Gasteiger partial charge in [0, 0.05) is 0 Å². The minimum absolute atomic E-state index is 0.00893. The molecule has 0 fully saturated rings. The van der Waals surface area contributed by atoms with E-state index in [9.17, 15) is 14.4 Å². The molecule has 0 aliphatic heterocycles. The Bertz CT molecular complexity index is 445. The summed E-state index contributed by atoms with van der Waals surface area (Å²) in [6.07, 6.45) is 1.94. The minimum Gasteiger partial charge on any atom is -0.481 e. The highest BCUT2D eigenvalue weighted by Crippen LogP contribution is 2.12. The largest absolute Gasteiger partial charge is 0.481 e. The van der Waals surface area contributed by atoms with Gasteiger partial charge in [-0.15, -0.1) is 0 Å². The molecule has 0 aromatic heterocycles. The Balaban J connectivity index is 4.65. The van der Waals surface area contributed by atoms with Gasteiger partial charge in [0.15, 0.2) is 0 Å². The maximum Gasteiger partial charge on any atom is 0.320 e. The summed E-state index contributed by atoms with van der Waals surface area (Å²) < 4.78 is 10.6. The molecule has 152 valence electrons. The maximum atomic E-state index is 12.1. The van der Waals surface area contributed by atoms with Crippen LogP contribution >= 0.6 is 0 Å². The number of aliphatic carboxylic acids is 1. The first kappa shape index (κ1) is 24.4. The van der Waals surface area contributed by atoms with Crippen molar-refractivity contribution in [1.82, 2.24) is 4.90 Å². The molecular formula is C19H35NO6. The van der Waals surface area contributed by atoms with Crippen molar-refractivity contribution in [3.63, 3.8) is 0 Å². The normalized spacial score (nSPS) is 13.4. The predicted octanol–water partition coefficient (Wildman–Crippen LogP) is 2.86. The fourth-order valence-electron chi connectivity index (χ4n) is 2.24. The molecule has 0 bridgehead atoms. The first-order valence-electron chi connectivity index (χ1n) is 9.08. The van der Waals surface area contributed by atoms with Crippen LogP contribution in [0.25, 0.3) is 0 Å². The zero-order valence-corrected chi connectivity index (χ0v) is 17.3. The Morgan fingerprint density at radius 3 is 1.65 bits per heavy atom. The summed E-state index contributed by atoms with van der Waals surface area (Å²) in [6.45, 7) is 12.9. The van der Waals surface area contributed by atoms with Crippen molar-refractivity contribution >= 4 is 17.9 Å². The van der Waals surface area contributed by atoms with Gasteiger partial charge in [-0.25, -0.2) is 0 Å². The molecule has 0 heterocycles. The number of esters is 2. The molecule has 1 atom stereocenters. The average molecular weight is 373 g/mol. The van der Waals surface area contributed by atoms with Crippen LogP contribution < -0.4 is 0 Å². The van der Waals surface area contributed by atoms with E-state index in [1.54, 1.807) is 53.4 Å². The Morgan fingerprint density at radius 2 is 1.31 bits per heavy atom. The van der Waals surface area contributed by atoms with Crippen molar-refractivity contribution in [3.8, 4) is 0 Å². The van der Waals surface area contributed by atoms with Gasteiger partial charge >= 0.3 is 17.9 Å². The summed E-state index contributed by atoms with van der Waals surface area (Å²) in [4.78, 5) is 36.7. The van der Waals surface area contributed by atoms with Crippen LogP contribution in [0, 0.1) is 5.92 Å². The van der Waals surface area contributed by atoms with E-state index in [4.69, 9.17) is 14.6 Å². The second-order valence-electron chi connectivity index (χ2n) is 8.62. The molecule has 0 rings (SSSR count). The Hall–Kier alpha value is -1.63. The summed E-state index contributed by atoms with van der Waals surface area (Å²) >= 11 is 0. The number of carboxylic acid groups (broad SMARTS) is 1. The number of carboxylic acids is 1. The van der Waals surface area contributed by atoms with Gasteiger partial charge in [0.25, 0.3) is 0 Å². The second-order valence-corrected chi connectivity index (χ2v) is 8.62. The van der Waals surface area contributed by atoms with Gasteiger partial charge in [-0.1, -0.05) is 13.3 Å². The van der Waals surface area contributed by atoms with Gasteiger partial charge < -0.3 is 14.6 Å². The van der Waals surface area contributed by atoms with Crippen LogP contribution in [-0.4, -0.2) is 58.8 Å². The van der Waals surface area contributed by atoms with Crippen molar-refractivity contribution in [3.05, 3.63) is 0 Å². The van der Waals surface area contributed by atoms with Crippen LogP contribution in [0.2, 0.25) is 0 Å². The second kappa shape index (κ2) is 10.5. The minimum atomic E-state index is -0.815. The molecule has 0 unspecified atom stereocenters. The number of unbranched alkanes of at least 4 members (excludes halogenated alkanes) is 1. The van der Waals surface area contributed by atoms with Gasteiger partial charge in [-0.2, -0.15) is 0 Å². The topological polar surface area (TPSA) is 93.1 Å². The quantitative estimate of drug-likeness (QED) is 0.465. The van der Waals surface area contributed by atoms with Crippen molar-refractivity contribution < 1.29 is 29.0 Å². The molecule has 0 saturated heterocycles. The summed E-state index contributed by atoms with van der Waals surface area (Å²) in [5, 5.41) is 8.91. The van der Waals surface area contributed by atoms with Crippen LogP contribution in [0.4, 0.5) is 0 Å². The molecule has 0 aromatic rings. The number of nitrogens with zero attached hydrogens (tertiary/aromatic N) is 1. The molecule has 1 N–H and O–H groups in total. The van der Waals surface area contributed by atoms with Crippen molar-refractivity contribution in [1.29, 1.82) is 0 Å². The zero-order valence-electron chi connectivity index (χ0n) is 17.3. The third-order valence-corrected chi connectivity index (χ3v) is 3.33. The van der Waals surface area contributed by atoms with E-state index in [1.807, 2.05) is 0 Å². The number of carbonyl (C=O) groups is 3. The van der Waals surface area contributed by atoms with Crippen LogP contribution in [0.3, 0.4) is 0 Å². The first-order valence-corrected chi connectivity index (χ1v) is 9.08. The van der Waals surface area contributed by atoms with Gasteiger partial charge in [0.05, 0.1) is 19.0 Å². The molecule has 0 saturated carbocycles. The van der Waals surface area contributed by atoms with Gasteiger partial charge in [-0.3, -0.25) is 19.3 Å². The van der Waals surface area contributed by atoms with Crippen LogP contribution in [0.1, 0.15) is 67.7 Å². The highest BCUT2D eigenvalue weighted by molar-refractivity contribution is 5.75. The van der Waals surface area contributed by atoms with E-state index in [0.29, 0.717) is 25.8 Å². The molecule has 0 spiro atoms. The van der Waals surface area contributed by atoms with E-state index in [1.165, 1.54) is 0 Å². The Kier molecular flexibility index (Phi) is 9.84. The molecule has 0 aromatic carbocycles. The molecule has 7 nitrogen and oxygen atoms in total. The third kappa shape index (κ3) is 13.6. The van der Waals surface area contributed by atoms with E-state index in [2.05, 4.69) is 0 Å². The number of hydrogen-bond donors (Lipinski definition) is 1. The molecule has 0 radical (unpaired) electrons. The van der Waals surface area contributed by atoms with Crippen molar-refractivity contribution in [2.75, 3.05) is 19.6 Å². The van der Waals surface area contributed by atoms with Crippen LogP contribution in [0.5, 0.6) is 0 Å².